The zero-order chi connectivity index (χ0) is 11.6. The molecule has 0 bridgehead atoms. The first-order valence-electron chi connectivity index (χ1n) is 4.21. The Hall–Kier alpha value is -0.450. The second kappa shape index (κ2) is 4.60. The second-order valence-electron chi connectivity index (χ2n) is 2.88. The van der Waals surface area contributed by atoms with Crippen LogP contribution in [-0.4, -0.2) is 15.5 Å². The fourth-order valence-corrected chi connectivity index (χ4v) is 2.44. The first kappa shape index (κ1) is 12.6. The first-order valence-corrected chi connectivity index (χ1v) is 6.90. The number of ether oxygens (including phenoxy) is 1. The molecule has 0 aliphatic heterocycles. The van der Waals surface area contributed by atoms with Crippen molar-refractivity contribution in [2.75, 3.05) is 7.11 Å². The number of halogens is 2. The third-order valence-electron chi connectivity index (χ3n) is 1.98. The topological polar surface area (TPSA) is 43.4 Å². The largest absolute Gasteiger partial charge is 0.496 e. The van der Waals surface area contributed by atoms with Crippen molar-refractivity contribution in [3.8, 4) is 5.75 Å². The Morgan fingerprint density at radius 1 is 1.40 bits per heavy atom. The maximum Gasteiger partial charge on any atom is 0.261 e. The van der Waals surface area contributed by atoms with Gasteiger partial charge in [-0.05, 0) is 12.5 Å². The highest BCUT2D eigenvalue weighted by Crippen LogP contribution is 2.31. The van der Waals surface area contributed by atoms with Gasteiger partial charge in [0.05, 0.1) is 12.0 Å². The van der Waals surface area contributed by atoms with Gasteiger partial charge in [-0.2, -0.15) is 0 Å². The molecular formula is C9H10Cl2O3S. The van der Waals surface area contributed by atoms with E-state index in [4.69, 9.17) is 27.0 Å². The van der Waals surface area contributed by atoms with E-state index < -0.39 is 9.05 Å². The Balaban J connectivity index is 3.45. The minimum Gasteiger partial charge on any atom is -0.496 e. The molecule has 3 nitrogen and oxygen atoms in total. The molecule has 0 atom stereocenters. The lowest BCUT2D eigenvalue weighted by Gasteiger charge is -2.09. The van der Waals surface area contributed by atoms with E-state index in [1.54, 1.807) is 0 Å². The molecule has 0 aliphatic carbocycles. The molecular weight excluding hydrogens is 259 g/mol. The van der Waals surface area contributed by atoms with Gasteiger partial charge >= 0.3 is 0 Å². The van der Waals surface area contributed by atoms with E-state index in [9.17, 15) is 8.42 Å². The molecule has 0 aromatic heterocycles. The Morgan fingerprint density at radius 3 is 2.40 bits per heavy atom. The van der Waals surface area contributed by atoms with E-state index in [1.807, 2.05) is 6.92 Å². The normalized spacial score (nSPS) is 11.5. The molecule has 0 radical (unpaired) electrons. The highest BCUT2D eigenvalue weighted by molar-refractivity contribution is 8.13. The minimum atomic E-state index is -3.78. The summed E-state index contributed by atoms with van der Waals surface area (Å²) < 4.78 is 27.3. The van der Waals surface area contributed by atoms with Crippen molar-refractivity contribution in [1.82, 2.24) is 0 Å². The fraction of sp³-hybridized carbons (Fsp3) is 0.333. The minimum absolute atomic E-state index is 0.0526. The van der Waals surface area contributed by atoms with E-state index >= 15 is 0 Å². The summed E-state index contributed by atoms with van der Waals surface area (Å²) in [5, 5.41) is 0.344. The van der Waals surface area contributed by atoms with Gasteiger partial charge in [-0.15, -0.1) is 0 Å². The van der Waals surface area contributed by atoms with Crippen LogP contribution in [0.25, 0.3) is 0 Å². The average molecular weight is 269 g/mol. The summed E-state index contributed by atoms with van der Waals surface area (Å²) in [6, 6.07) is 2.69. The van der Waals surface area contributed by atoms with Gasteiger partial charge in [0, 0.05) is 27.3 Å². The standard InChI is InChI=1S/C9H10Cl2O3S/c1-3-7-8(10)4-6(15(11,12)13)5-9(7)14-2/h4-5H,3H2,1-2H3. The Bertz CT molecular complexity index is 468. The SMILES string of the molecule is CCc1c(Cl)cc(S(=O)(=O)Cl)cc1OC. The average Bonchev–Trinajstić information content (AvgIpc) is 2.15. The van der Waals surface area contributed by atoms with Gasteiger partial charge in [-0.3, -0.25) is 0 Å². The number of hydrogen-bond donors (Lipinski definition) is 0. The summed E-state index contributed by atoms with van der Waals surface area (Å²) in [7, 11) is 2.89. The van der Waals surface area contributed by atoms with Crippen LogP contribution in [0.4, 0.5) is 0 Å². The maximum atomic E-state index is 11.1. The first-order chi connectivity index (χ1) is 6.90. The van der Waals surface area contributed by atoms with Crippen molar-refractivity contribution in [2.45, 2.75) is 18.2 Å². The zero-order valence-electron chi connectivity index (χ0n) is 8.25. The highest BCUT2D eigenvalue weighted by atomic mass is 35.7. The predicted octanol–water partition coefficient (Wildman–Crippen LogP) is 2.84. The Kier molecular flexibility index (Phi) is 3.87. The molecule has 0 amide bonds. The molecule has 6 heteroatoms. The van der Waals surface area contributed by atoms with Gasteiger partial charge < -0.3 is 4.74 Å². The number of hydrogen-bond acceptors (Lipinski definition) is 3. The maximum absolute atomic E-state index is 11.1. The monoisotopic (exact) mass is 268 g/mol. The molecule has 0 unspecified atom stereocenters. The lowest BCUT2D eigenvalue weighted by Crippen LogP contribution is -1.97. The second-order valence-corrected chi connectivity index (χ2v) is 5.85. The van der Waals surface area contributed by atoms with Gasteiger partial charge in [0.1, 0.15) is 5.75 Å². The van der Waals surface area contributed by atoms with Crippen LogP contribution in [0.3, 0.4) is 0 Å². The summed E-state index contributed by atoms with van der Waals surface area (Å²) >= 11 is 5.92. The zero-order valence-corrected chi connectivity index (χ0v) is 10.6. The molecule has 0 heterocycles. The van der Waals surface area contributed by atoms with Gasteiger partial charge in [0.15, 0.2) is 0 Å². The number of rotatable bonds is 3. The van der Waals surface area contributed by atoms with Crippen molar-refractivity contribution >= 4 is 31.3 Å². The van der Waals surface area contributed by atoms with Crippen LogP contribution >= 0.6 is 22.3 Å². The molecule has 84 valence electrons. The summed E-state index contributed by atoms with van der Waals surface area (Å²) in [6.45, 7) is 1.90. The van der Waals surface area contributed by atoms with Crippen LogP contribution < -0.4 is 4.74 Å². The van der Waals surface area contributed by atoms with Crippen LogP contribution in [-0.2, 0) is 15.5 Å². The van der Waals surface area contributed by atoms with Crippen LogP contribution in [0.15, 0.2) is 17.0 Å². The van der Waals surface area contributed by atoms with Crippen molar-refractivity contribution in [3.63, 3.8) is 0 Å². The third-order valence-corrected chi connectivity index (χ3v) is 3.65. The van der Waals surface area contributed by atoms with Crippen LogP contribution in [0.5, 0.6) is 5.75 Å². The molecule has 0 aliphatic rings. The van der Waals surface area contributed by atoms with Gasteiger partial charge in [-0.25, -0.2) is 8.42 Å². The smallest absolute Gasteiger partial charge is 0.261 e. The highest BCUT2D eigenvalue weighted by Gasteiger charge is 2.16. The van der Waals surface area contributed by atoms with E-state index in [-0.39, 0.29) is 4.90 Å². The summed E-state index contributed by atoms with van der Waals surface area (Å²) in [5.74, 6) is 0.434. The Labute approximate surface area is 98.4 Å². The van der Waals surface area contributed by atoms with E-state index in [2.05, 4.69) is 0 Å². The molecule has 0 N–H and O–H groups in total. The lowest BCUT2D eigenvalue weighted by atomic mass is 10.1. The van der Waals surface area contributed by atoms with Gasteiger partial charge in [0.25, 0.3) is 9.05 Å². The van der Waals surface area contributed by atoms with Crippen LogP contribution in [0, 0.1) is 0 Å². The molecule has 1 aromatic carbocycles. The molecule has 1 rings (SSSR count). The lowest BCUT2D eigenvalue weighted by molar-refractivity contribution is 0.409. The van der Waals surface area contributed by atoms with Gasteiger partial charge in [-0.1, -0.05) is 18.5 Å². The molecule has 15 heavy (non-hydrogen) atoms. The van der Waals surface area contributed by atoms with Crippen molar-refractivity contribution < 1.29 is 13.2 Å². The number of benzene rings is 1. The summed E-state index contributed by atoms with van der Waals surface area (Å²) in [6.07, 6.45) is 0.657. The van der Waals surface area contributed by atoms with E-state index in [0.717, 1.165) is 5.56 Å². The molecule has 1 aromatic rings. The third kappa shape index (κ3) is 2.77. The van der Waals surface area contributed by atoms with Crippen molar-refractivity contribution in [3.05, 3.63) is 22.7 Å². The fourth-order valence-electron chi connectivity index (χ4n) is 1.25. The van der Waals surface area contributed by atoms with Crippen molar-refractivity contribution in [1.29, 1.82) is 0 Å². The Morgan fingerprint density at radius 2 is 2.00 bits per heavy atom. The number of methoxy groups -OCH3 is 1. The van der Waals surface area contributed by atoms with E-state index in [0.29, 0.717) is 17.2 Å². The summed E-state index contributed by atoms with van der Waals surface area (Å²) in [5.41, 5.74) is 0.767. The van der Waals surface area contributed by atoms with Gasteiger partial charge in [0.2, 0.25) is 0 Å². The quantitative estimate of drug-likeness (QED) is 0.792. The summed E-state index contributed by atoms with van der Waals surface area (Å²) in [4.78, 5) is -0.0526. The van der Waals surface area contributed by atoms with Crippen LogP contribution in [0.1, 0.15) is 12.5 Å². The molecule has 0 saturated heterocycles. The van der Waals surface area contributed by atoms with E-state index in [1.165, 1.54) is 19.2 Å². The van der Waals surface area contributed by atoms with Crippen molar-refractivity contribution in [2.24, 2.45) is 0 Å². The molecule has 0 saturated carbocycles. The van der Waals surface area contributed by atoms with Crippen LogP contribution in [0.2, 0.25) is 5.02 Å². The molecule has 0 fully saturated rings. The molecule has 0 spiro atoms. The predicted molar refractivity (Wildman–Crippen MR) is 60.4 cm³/mol.